The summed E-state index contributed by atoms with van der Waals surface area (Å²) in [5, 5.41) is 0. The molecule has 1 aliphatic heterocycles. The molecule has 0 radical (unpaired) electrons. The first-order valence-corrected chi connectivity index (χ1v) is 9.27. The Morgan fingerprint density at radius 2 is 2.24 bits per heavy atom. The number of pyridine rings is 1. The van der Waals surface area contributed by atoms with Crippen LogP contribution in [0.5, 0.6) is 0 Å². The van der Waals surface area contributed by atoms with Gasteiger partial charge in [0, 0.05) is 42.1 Å². The lowest BCUT2D eigenvalue weighted by Gasteiger charge is -2.30. The minimum Gasteiger partial charge on any atom is -0.367 e. The third kappa shape index (κ3) is 3.28. The Kier molecular flexibility index (Phi) is 4.24. The van der Waals surface area contributed by atoms with E-state index in [2.05, 4.69) is 22.9 Å². The second kappa shape index (κ2) is 6.41. The van der Waals surface area contributed by atoms with Gasteiger partial charge in [0.05, 0.1) is 0 Å². The van der Waals surface area contributed by atoms with Crippen LogP contribution in [0.15, 0.2) is 42.7 Å². The molecule has 1 aromatic carbocycles. The summed E-state index contributed by atoms with van der Waals surface area (Å²) in [5.74, 6) is 0.187. The molecule has 4 heteroatoms. The van der Waals surface area contributed by atoms with E-state index >= 15 is 0 Å². The standard InChI is InChI=1S/C21H26FN3/c1-21(23)9-2-5-19-18(13-21)17-12-16(22)6-7-20(17)25(19)11-8-15-4-3-10-24-14-15/h3-4,6-7,10,12,14,18-19H,2,5,8-9,11,13,23H2,1H3/t18-,19?,21?/m0/s1. The Morgan fingerprint density at radius 3 is 3.04 bits per heavy atom. The van der Waals surface area contributed by atoms with E-state index in [-0.39, 0.29) is 11.4 Å². The van der Waals surface area contributed by atoms with Gasteiger partial charge >= 0.3 is 0 Å². The number of hydrogen-bond acceptors (Lipinski definition) is 3. The minimum atomic E-state index is -0.164. The molecule has 1 aliphatic carbocycles. The predicted molar refractivity (Wildman–Crippen MR) is 99.3 cm³/mol. The van der Waals surface area contributed by atoms with Gasteiger partial charge in [-0.05, 0) is 74.4 Å². The van der Waals surface area contributed by atoms with E-state index in [1.54, 1.807) is 18.3 Å². The van der Waals surface area contributed by atoms with Gasteiger partial charge in [-0.2, -0.15) is 0 Å². The lowest BCUT2D eigenvalue weighted by molar-refractivity contribution is 0.383. The number of anilines is 1. The van der Waals surface area contributed by atoms with Crippen molar-refractivity contribution in [3.63, 3.8) is 0 Å². The molecular formula is C21H26FN3. The highest BCUT2D eigenvalue weighted by molar-refractivity contribution is 5.62. The number of halogens is 1. The monoisotopic (exact) mass is 339 g/mol. The van der Waals surface area contributed by atoms with Crippen molar-refractivity contribution in [1.82, 2.24) is 4.98 Å². The van der Waals surface area contributed by atoms with Crippen LogP contribution in [0.25, 0.3) is 0 Å². The van der Waals surface area contributed by atoms with Gasteiger partial charge in [-0.1, -0.05) is 6.07 Å². The molecular weight excluding hydrogens is 313 g/mol. The van der Waals surface area contributed by atoms with Gasteiger partial charge in [-0.15, -0.1) is 0 Å². The van der Waals surface area contributed by atoms with Crippen molar-refractivity contribution < 1.29 is 4.39 Å². The molecule has 0 bridgehead atoms. The molecule has 2 unspecified atom stereocenters. The highest BCUT2D eigenvalue weighted by Gasteiger charge is 2.42. The number of nitrogens with two attached hydrogens (primary N) is 1. The van der Waals surface area contributed by atoms with Gasteiger partial charge in [0.1, 0.15) is 5.82 Å². The lowest BCUT2D eigenvalue weighted by atomic mass is 9.84. The molecule has 2 heterocycles. The zero-order valence-electron chi connectivity index (χ0n) is 14.8. The molecule has 2 aromatic rings. The summed E-state index contributed by atoms with van der Waals surface area (Å²) >= 11 is 0. The summed E-state index contributed by atoms with van der Waals surface area (Å²) in [4.78, 5) is 6.71. The first kappa shape index (κ1) is 16.5. The topological polar surface area (TPSA) is 42.1 Å². The fourth-order valence-electron chi connectivity index (χ4n) is 4.69. The van der Waals surface area contributed by atoms with Crippen molar-refractivity contribution in [1.29, 1.82) is 0 Å². The largest absolute Gasteiger partial charge is 0.367 e. The SMILES string of the molecule is CC1(N)CCCC2[C@@H](C1)c1cc(F)ccc1N2CCc1cccnc1. The lowest BCUT2D eigenvalue weighted by Crippen LogP contribution is -2.39. The fourth-order valence-corrected chi connectivity index (χ4v) is 4.69. The third-order valence-corrected chi connectivity index (χ3v) is 5.86. The van der Waals surface area contributed by atoms with Crippen LogP contribution in [-0.2, 0) is 6.42 Å². The van der Waals surface area contributed by atoms with Crippen LogP contribution in [-0.4, -0.2) is 23.1 Å². The maximum Gasteiger partial charge on any atom is 0.123 e. The van der Waals surface area contributed by atoms with Gasteiger partial charge in [0.15, 0.2) is 0 Å². The van der Waals surface area contributed by atoms with Gasteiger partial charge in [-0.3, -0.25) is 4.98 Å². The Bertz CT molecular complexity index is 744. The van der Waals surface area contributed by atoms with E-state index in [0.717, 1.165) is 44.2 Å². The summed E-state index contributed by atoms with van der Waals surface area (Å²) in [6.45, 7) is 3.08. The minimum absolute atomic E-state index is 0.144. The average molecular weight is 339 g/mol. The first-order valence-electron chi connectivity index (χ1n) is 9.27. The summed E-state index contributed by atoms with van der Waals surface area (Å²) in [6, 6.07) is 9.81. The van der Waals surface area contributed by atoms with Crippen LogP contribution in [0.3, 0.4) is 0 Å². The Labute approximate surface area is 149 Å². The zero-order chi connectivity index (χ0) is 17.4. The Hall–Kier alpha value is -1.94. The number of benzene rings is 1. The molecule has 2 N–H and O–H groups in total. The number of nitrogens with zero attached hydrogens (tertiary/aromatic N) is 2. The smallest absolute Gasteiger partial charge is 0.123 e. The molecule has 3 nitrogen and oxygen atoms in total. The average Bonchev–Trinajstić information content (AvgIpc) is 2.75. The summed E-state index contributed by atoms with van der Waals surface area (Å²) < 4.78 is 13.9. The molecule has 0 amide bonds. The van der Waals surface area contributed by atoms with E-state index in [9.17, 15) is 4.39 Å². The van der Waals surface area contributed by atoms with E-state index in [4.69, 9.17) is 5.73 Å². The molecule has 0 spiro atoms. The molecule has 0 saturated heterocycles. The molecule has 3 atom stereocenters. The number of fused-ring (bicyclic) bond motifs is 3. The van der Waals surface area contributed by atoms with Crippen LogP contribution in [0.4, 0.5) is 10.1 Å². The van der Waals surface area contributed by atoms with E-state index < -0.39 is 0 Å². The van der Waals surface area contributed by atoms with Gasteiger partial charge < -0.3 is 10.6 Å². The van der Waals surface area contributed by atoms with Crippen molar-refractivity contribution in [3.05, 3.63) is 59.7 Å². The van der Waals surface area contributed by atoms with Crippen molar-refractivity contribution in [2.24, 2.45) is 5.73 Å². The van der Waals surface area contributed by atoms with E-state index in [1.165, 1.54) is 11.3 Å². The Morgan fingerprint density at radius 1 is 1.36 bits per heavy atom. The van der Waals surface area contributed by atoms with Crippen LogP contribution in [0.1, 0.15) is 49.7 Å². The van der Waals surface area contributed by atoms with Crippen LogP contribution < -0.4 is 10.6 Å². The number of aromatic nitrogens is 1. The second-order valence-corrected chi connectivity index (χ2v) is 7.93. The maximum atomic E-state index is 13.9. The van der Waals surface area contributed by atoms with Crippen molar-refractivity contribution >= 4 is 5.69 Å². The van der Waals surface area contributed by atoms with Gasteiger partial charge in [0.2, 0.25) is 0 Å². The summed E-state index contributed by atoms with van der Waals surface area (Å²) in [7, 11) is 0. The summed E-state index contributed by atoms with van der Waals surface area (Å²) in [5.41, 5.74) is 9.94. The van der Waals surface area contributed by atoms with Crippen molar-refractivity contribution in [2.45, 2.75) is 56.5 Å². The van der Waals surface area contributed by atoms with Crippen LogP contribution >= 0.6 is 0 Å². The normalized spacial score (nSPS) is 28.4. The molecule has 2 aliphatic rings. The van der Waals surface area contributed by atoms with Gasteiger partial charge in [0.25, 0.3) is 0 Å². The predicted octanol–water partition coefficient (Wildman–Crippen LogP) is 4.03. The fraction of sp³-hybridized carbons (Fsp3) is 0.476. The van der Waals surface area contributed by atoms with Crippen LogP contribution in [0, 0.1) is 5.82 Å². The molecule has 1 saturated carbocycles. The highest BCUT2D eigenvalue weighted by Crippen LogP contribution is 2.48. The zero-order valence-corrected chi connectivity index (χ0v) is 14.8. The van der Waals surface area contributed by atoms with E-state index in [1.807, 2.05) is 18.3 Å². The molecule has 132 valence electrons. The Balaban J connectivity index is 1.64. The maximum absolute atomic E-state index is 13.9. The molecule has 1 fully saturated rings. The number of rotatable bonds is 3. The number of hydrogen-bond donors (Lipinski definition) is 1. The van der Waals surface area contributed by atoms with Crippen molar-refractivity contribution in [2.75, 3.05) is 11.4 Å². The molecule has 4 rings (SSSR count). The first-order chi connectivity index (χ1) is 12.0. The second-order valence-electron chi connectivity index (χ2n) is 7.93. The third-order valence-electron chi connectivity index (χ3n) is 5.86. The molecule has 1 aromatic heterocycles. The van der Waals surface area contributed by atoms with Crippen molar-refractivity contribution in [3.8, 4) is 0 Å². The van der Waals surface area contributed by atoms with Crippen LogP contribution in [0.2, 0.25) is 0 Å². The molecule has 25 heavy (non-hydrogen) atoms. The quantitative estimate of drug-likeness (QED) is 0.918. The summed E-state index contributed by atoms with van der Waals surface area (Å²) in [6.07, 6.45) is 8.92. The van der Waals surface area contributed by atoms with Gasteiger partial charge in [-0.25, -0.2) is 4.39 Å². The highest BCUT2D eigenvalue weighted by atomic mass is 19.1. The van der Waals surface area contributed by atoms with E-state index in [0.29, 0.717) is 12.0 Å².